The second kappa shape index (κ2) is 3.96. The van der Waals surface area contributed by atoms with Gasteiger partial charge in [0.2, 0.25) is 12.1 Å². The fraction of sp³-hybridized carbons (Fsp3) is 0.933. The van der Waals surface area contributed by atoms with Gasteiger partial charge in [0.25, 0.3) is 0 Å². The number of ether oxygens (including phenoxy) is 2. The zero-order chi connectivity index (χ0) is 14.1. The number of esters is 1. The van der Waals surface area contributed by atoms with E-state index in [2.05, 4.69) is 6.92 Å². The highest BCUT2D eigenvalue weighted by atomic mass is 17.3. The predicted octanol–water partition coefficient (Wildman–Crippen LogP) is 2.39. The van der Waals surface area contributed by atoms with Crippen molar-refractivity contribution in [1.82, 2.24) is 0 Å². The maximum atomic E-state index is 12.1. The lowest BCUT2D eigenvalue weighted by molar-refractivity contribution is -0.559. The number of carbonyl (C=O) groups excluding carboxylic acids is 1. The number of rotatable bonds is 0. The largest absolute Gasteiger partial charge is 0.432 e. The summed E-state index contributed by atoms with van der Waals surface area (Å²) in [5, 5.41) is 0. The van der Waals surface area contributed by atoms with Crippen molar-refractivity contribution in [2.45, 2.75) is 64.1 Å². The molecule has 0 N–H and O–H groups in total. The van der Waals surface area contributed by atoms with Crippen molar-refractivity contribution >= 4 is 5.97 Å². The van der Waals surface area contributed by atoms with Gasteiger partial charge in [-0.3, -0.25) is 4.79 Å². The van der Waals surface area contributed by atoms with Crippen LogP contribution in [0.15, 0.2) is 0 Å². The number of hydrogen-bond donors (Lipinski definition) is 0. The van der Waals surface area contributed by atoms with Gasteiger partial charge in [0.05, 0.1) is 5.92 Å². The fourth-order valence-corrected chi connectivity index (χ4v) is 4.76. The molecule has 0 aromatic carbocycles. The van der Waals surface area contributed by atoms with Crippen LogP contribution in [0.25, 0.3) is 0 Å². The summed E-state index contributed by atoms with van der Waals surface area (Å²) in [5.41, 5.74) is -0.610. The lowest BCUT2D eigenvalue weighted by Gasteiger charge is -2.57. The van der Waals surface area contributed by atoms with Gasteiger partial charge >= 0.3 is 5.97 Å². The summed E-state index contributed by atoms with van der Waals surface area (Å²) in [6.07, 6.45) is 3.24. The lowest BCUT2D eigenvalue weighted by atomic mass is 9.58. The van der Waals surface area contributed by atoms with Gasteiger partial charge in [-0.15, -0.1) is 0 Å². The summed E-state index contributed by atoms with van der Waals surface area (Å²) in [6.45, 7) is 6.06. The molecule has 20 heavy (non-hydrogen) atoms. The Morgan fingerprint density at radius 3 is 2.70 bits per heavy atom. The first-order valence-corrected chi connectivity index (χ1v) is 7.71. The van der Waals surface area contributed by atoms with Crippen molar-refractivity contribution in [3.8, 4) is 0 Å². The normalized spacial score (nSPS) is 57.8. The van der Waals surface area contributed by atoms with Gasteiger partial charge < -0.3 is 9.47 Å². The standard InChI is InChI=1S/C15H22O5/c1-8-4-5-11-9(2)12(16)17-13-15(11)10(8)6-7-14(3,18-13)19-20-15/h8-11,13H,4-7H2,1-3H3/t8-,9-,10-,11-,13-,14+,15-/m1/s1. The molecule has 5 aliphatic rings. The van der Waals surface area contributed by atoms with Crippen LogP contribution in [-0.4, -0.2) is 23.6 Å². The van der Waals surface area contributed by atoms with Gasteiger partial charge in [-0.25, -0.2) is 9.78 Å². The summed E-state index contributed by atoms with van der Waals surface area (Å²) < 4.78 is 11.6. The van der Waals surface area contributed by atoms with E-state index in [9.17, 15) is 4.79 Å². The minimum absolute atomic E-state index is 0.123. The Labute approximate surface area is 118 Å². The van der Waals surface area contributed by atoms with Gasteiger partial charge in [0.1, 0.15) is 0 Å². The molecule has 1 aliphatic carbocycles. The molecule has 0 radical (unpaired) electrons. The molecule has 5 rings (SSSR count). The highest BCUT2D eigenvalue weighted by Crippen LogP contribution is 2.59. The van der Waals surface area contributed by atoms with Crippen LogP contribution in [0.2, 0.25) is 0 Å². The quantitative estimate of drug-likeness (QED) is 0.504. The Bertz CT molecular complexity index is 452. The molecule has 4 heterocycles. The van der Waals surface area contributed by atoms with Gasteiger partial charge in [-0.1, -0.05) is 13.8 Å². The summed E-state index contributed by atoms with van der Waals surface area (Å²) in [5.74, 6) is -0.137. The molecule has 4 aliphatic heterocycles. The van der Waals surface area contributed by atoms with E-state index in [1.165, 1.54) is 0 Å². The zero-order valence-electron chi connectivity index (χ0n) is 12.3. The minimum atomic E-state index is -0.793. The highest BCUT2D eigenvalue weighted by molar-refractivity contribution is 5.74. The van der Waals surface area contributed by atoms with Crippen LogP contribution < -0.4 is 0 Å². The van der Waals surface area contributed by atoms with Gasteiger partial charge in [0.15, 0.2) is 5.60 Å². The second-order valence-corrected chi connectivity index (χ2v) is 7.14. The molecule has 7 atom stereocenters. The van der Waals surface area contributed by atoms with E-state index in [0.29, 0.717) is 11.8 Å². The van der Waals surface area contributed by atoms with Crippen molar-refractivity contribution in [3.63, 3.8) is 0 Å². The molecule has 5 nitrogen and oxygen atoms in total. The van der Waals surface area contributed by atoms with Crippen LogP contribution in [0.3, 0.4) is 0 Å². The summed E-state index contributed by atoms with van der Waals surface area (Å²) in [7, 11) is 0. The van der Waals surface area contributed by atoms with Crippen molar-refractivity contribution < 1.29 is 24.0 Å². The van der Waals surface area contributed by atoms with Crippen molar-refractivity contribution in [1.29, 1.82) is 0 Å². The Hall–Kier alpha value is -0.650. The summed E-state index contributed by atoms with van der Waals surface area (Å²) in [4.78, 5) is 23.7. The molecule has 5 fully saturated rings. The van der Waals surface area contributed by atoms with Crippen LogP contribution in [0.1, 0.15) is 46.5 Å². The Morgan fingerprint density at radius 1 is 1.10 bits per heavy atom. The highest BCUT2D eigenvalue weighted by Gasteiger charge is 2.69. The van der Waals surface area contributed by atoms with Crippen LogP contribution in [0.4, 0.5) is 0 Å². The molecule has 1 spiro atoms. The molecular formula is C15H22O5. The van der Waals surface area contributed by atoms with E-state index < -0.39 is 17.7 Å². The first-order chi connectivity index (χ1) is 9.46. The lowest BCUT2D eigenvalue weighted by Crippen LogP contribution is -2.69. The molecule has 0 unspecified atom stereocenters. The van der Waals surface area contributed by atoms with E-state index in [-0.39, 0.29) is 17.8 Å². The molecule has 4 saturated heterocycles. The zero-order valence-corrected chi connectivity index (χ0v) is 12.3. The third-order valence-electron chi connectivity index (χ3n) is 5.97. The Morgan fingerprint density at radius 2 is 1.90 bits per heavy atom. The first kappa shape index (κ1) is 13.0. The molecule has 0 aromatic rings. The van der Waals surface area contributed by atoms with Crippen LogP contribution in [0.5, 0.6) is 0 Å². The van der Waals surface area contributed by atoms with Gasteiger partial charge in [0, 0.05) is 18.3 Å². The van der Waals surface area contributed by atoms with Gasteiger partial charge in [-0.2, -0.15) is 0 Å². The summed E-state index contributed by atoms with van der Waals surface area (Å²) >= 11 is 0. The fourth-order valence-electron chi connectivity index (χ4n) is 4.76. The molecule has 112 valence electrons. The average molecular weight is 282 g/mol. The van der Waals surface area contributed by atoms with Crippen molar-refractivity contribution in [3.05, 3.63) is 0 Å². The third-order valence-corrected chi connectivity index (χ3v) is 5.97. The predicted molar refractivity (Wildman–Crippen MR) is 68.0 cm³/mol. The summed E-state index contributed by atoms with van der Waals surface area (Å²) in [6, 6.07) is 0. The average Bonchev–Trinajstić information content (AvgIpc) is 2.63. The number of hydrogen-bond acceptors (Lipinski definition) is 5. The van der Waals surface area contributed by atoms with E-state index in [1.807, 2.05) is 13.8 Å². The molecule has 2 bridgehead atoms. The van der Waals surface area contributed by atoms with Crippen molar-refractivity contribution in [2.75, 3.05) is 0 Å². The maximum absolute atomic E-state index is 12.1. The van der Waals surface area contributed by atoms with E-state index in [1.54, 1.807) is 0 Å². The minimum Gasteiger partial charge on any atom is -0.432 e. The third kappa shape index (κ3) is 1.46. The van der Waals surface area contributed by atoms with E-state index >= 15 is 0 Å². The SMILES string of the molecule is C[C@@H]1CC[C@@H]2[C@@H](C)C(=O)O[C@@H]3O[C@]4(C)CC[C@H]1[C@]32OO4. The van der Waals surface area contributed by atoms with Crippen LogP contribution >= 0.6 is 0 Å². The maximum Gasteiger partial charge on any atom is 0.311 e. The molecule has 0 aromatic heterocycles. The number of carbonyl (C=O) groups is 1. The van der Waals surface area contributed by atoms with Gasteiger partial charge in [-0.05, 0) is 32.1 Å². The molecular weight excluding hydrogens is 260 g/mol. The van der Waals surface area contributed by atoms with Crippen molar-refractivity contribution in [2.24, 2.45) is 23.7 Å². The second-order valence-electron chi connectivity index (χ2n) is 7.14. The Balaban J connectivity index is 1.84. The first-order valence-electron chi connectivity index (χ1n) is 7.71. The van der Waals surface area contributed by atoms with Crippen LogP contribution in [-0.2, 0) is 24.0 Å². The molecule has 0 amide bonds. The topological polar surface area (TPSA) is 54.0 Å². The smallest absolute Gasteiger partial charge is 0.311 e. The Kier molecular flexibility index (Phi) is 2.58. The monoisotopic (exact) mass is 282 g/mol. The van der Waals surface area contributed by atoms with E-state index in [0.717, 1.165) is 25.7 Å². The van der Waals surface area contributed by atoms with Crippen LogP contribution in [0, 0.1) is 23.7 Å². The van der Waals surface area contributed by atoms with E-state index in [4.69, 9.17) is 19.2 Å². The molecule has 1 saturated carbocycles. The number of fused-ring (bicyclic) bond motifs is 2. The molecule has 5 heteroatoms.